The first-order valence-electron chi connectivity index (χ1n) is 9.06. The van der Waals surface area contributed by atoms with E-state index in [0.29, 0.717) is 11.6 Å². The van der Waals surface area contributed by atoms with Gasteiger partial charge in [-0.25, -0.2) is 4.98 Å². The minimum Gasteiger partial charge on any atom is -0.391 e. The summed E-state index contributed by atoms with van der Waals surface area (Å²) in [7, 11) is 0. The largest absolute Gasteiger partial charge is 0.391 e. The molecule has 4 nitrogen and oxygen atoms in total. The van der Waals surface area contributed by atoms with Crippen molar-refractivity contribution in [3.63, 3.8) is 0 Å². The molecule has 0 bridgehead atoms. The number of fused-ring (bicyclic) bond motifs is 1. The number of aromatic nitrogens is 2. The Kier molecular flexibility index (Phi) is 5.13. The summed E-state index contributed by atoms with van der Waals surface area (Å²) in [5.41, 5.74) is 6.98. The van der Waals surface area contributed by atoms with E-state index in [4.69, 9.17) is 21.4 Å². The number of hydrogen-bond donors (Lipinski definition) is 0. The molecule has 4 aromatic rings. The summed E-state index contributed by atoms with van der Waals surface area (Å²) < 4.78 is 2.01. The topological polar surface area (TPSA) is 38.9 Å². The fourth-order valence-electron chi connectivity index (χ4n) is 3.11. The number of imidazole rings is 1. The van der Waals surface area contributed by atoms with E-state index in [2.05, 4.69) is 31.1 Å². The number of pyridine rings is 1. The molecule has 0 saturated carbocycles. The van der Waals surface area contributed by atoms with Gasteiger partial charge in [-0.2, -0.15) is 0 Å². The van der Waals surface area contributed by atoms with Crippen molar-refractivity contribution in [2.75, 3.05) is 0 Å². The lowest BCUT2D eigenvalue weighted by Crippen LogP contribution is -1.95. The van der Waals surface area contributed by atoms with Crippen molar-refractivity contribution >= 4 is 23.5 Å². The number of rotatable bonds is 5. The molecule has 0 saturated heterocycles. The smallest absolute Gasteiger partial charge is 0.142 e. The Labute approximate surface area is 169 Å². The minimum absolute atomic E-state index is 0.421. The number of halogens is 1. The molecule has 0 fully saturated rings. The van der Waals surface area contributed by atoms with Crippen molar-refractivity contribution in [1.82, 2.24) is 9.38 Å². The fraction of sp³-hybridized carbons (Fsp3) is 0.130. The van der Waals surface area contributed by atoms with Crippen LogP contribution in [-0.4, -0.2) is 15.6 Å². The van der Waals surface area contributed by atoms with E-state index in [0.717, 1.165) is 33.7 Å². The Balaban J connectivity index is 1.66. The Morgan fingerprint density at radius 1 is 1.04 bits per heavy atom. The van der Waals surface area contributed by atoms with Crippen molar-refractivity contribution in [3.05, 3.63) is 94.3 Å². The van der Waals surface area contributed by atoms with Gasteiger partial charge in [-0.05, 0) is 49.2 Å². The predicted octanol–water partition coefficient (Wildman–Crippen LogP) is 5.82. The predicted molar refractivity (Wildman–Crippen MR) is 114 cm³/mol. The highest BCUT2D eigenvalue weighted by Crippen LogP contribution is 2.25. The van der Waals surface area contributed by atoms with Gasteiger partial charge < -0.3 is 4.84 Å². The van der Waals surface area contributed by atoms with Gasteiger partial charge in [0.05, 0.1) is 17.6 Å². The first-order valence-corrected chi connectivity index (χ1v) is 9.43. The van der Waals surface area contributed by atoms with Gasteiger partial charge in [0.25, 0.3) is 0 Å². The zero-order chi connectivity index (χ0) is 19.5. The summed E-state index contributed by atoms with van der Waals surface area (Å²) >= 11 is 6.04. The lowest BCUT2D eigenvalue weighted by Gasteiger charge is -2.03. The van der Waals surface area contributed by atoms with Gasteiger partial charge in [0.15, 0.2) is 0 Å². The van der Waals surface area contributed by atoms with E-state index in [-0.39, 0.29) is 0 Å². The Morgan fingerprint density at radius 3 is 2.61 bits per heavy atom. The lowest BCUT2D eigenvalue weighted by atomic mass is 10.1. The van der Waals surface area contributed by atoms with Gasteiger partial charge in [0.1, 0.15) is 12.3 Å². The summed E-state index contributed by atoms with van der Waals surface area (Å²) in [6.07, 6.45) is 3.72. The van der Waals surface area contributed by atoms with Gasteiger partial charge in [-0.1, -0.05) is 58.7 Å². The van der Waals surface area contributed by atoms with Crippen LogP contribution in [0.4, 0.5) is 0 Å². The number of nitrogens with zero attached hydrogens (tertiary/aromatic N) is 3. The molecular formula is C23H20ClN3O. The van der Waals surface area contributed by atoms with Crippen LogP contribution in [0.5, 0.6) is 0 Å². The Morgan fingerprint density at radius 2 is 1.82 bits per heavy atom. The van der Waals surface area contributed by atoms with Gasteiger partial charge in [0, 0.05) is 16.8 Å². The minimum atomic E-state index is 0.421. The van der Waals surface area contributed by atoms with Gasteiger partial charge in [-0.3, -0.25) is 4.40 Å². The van der Waals surface area contributed by atoms with Crippen molar-refractivity contribution in [2.45, 2.75) is 20.5 Å². The first kappa shape index (κ1) is 18.3. The maximum atomic E-state index is 6.04. The average molecular weight is 390 g/mol. The molecule has 0 unspecified atom stereocenters. The van der Waals surface area contributed by atoms with E-state index < -0.39 is 0 Å². The summed E-state index contributed by atoms with van der Waals surface area (Å²) in [6, 6.07) is 19.9. The first-order chi connectivity index (χ1) is 13.6. The van der Waals surface area contributed by atoms with E-state index in [1.54, 1.807) is 6.21 Å². The van der Waals surface area contributed by atoms with Crippen LogP contribution in [0, 0.1) is 13.8 Å². The molecule has 0 spiro atoms. The molecule has 0 amide bonds. The van der Waals surface area contributed by atoms with E-state index >= 15 is 0 Å². The molecule has 4 rings (SSSR count). The highest BCUT2D eigenvalue weighted by molar-refractivity contribution is 6.30. The van der Waals surface area contributed by atoms with Crippen LogP contribution in [0.1, 0.15) is 22.4 Å². The summed E-state index contributed by atoms with van der Waals surface area (Å²) in [6.45, 7) is 4.53. The molecule has 2 aromatic carbocycles. The third kappa shape index (κ3) is 3.92. The van der Waals surface area contributed by atoms with Crippen LogP contribution in [-0.2, 0) is 11.4 Å². The fourth-order valence-corrected chi connectivity index (χ4v) is 3.24. The van der Waals surface area contributed by atoms with Crippen LogP contribution in [0.2, 0.25) is 5.02 Å². The second-order valence-electron chi connectivity index (χ2n) is 6.78. The zero-order valence-electron chi connectivity index (χ0n) is 15.8. The molecule has 0 N–H and O–H groups in total. The highest BCUT2D eigenvalue weighted by Gasteiger charge is 2.13. The number of oxime groups is 1. The quantitative estimate of drug-likeness (QED) is 0.318. The molecule has 5 heteroatoms. The third-order valence-corrected chi connectivity index (χ3v) is 4.75. The van der Waals surface area contributed by atoms with Crippen molar-refractivity contribution < 1.29 is 4.84 Å². The molecule has 2 aromatic heterocycles. The monoisotopic (exact) mass is 389 g/mol. The van der Waals surface area contributed by atoms with Crippen LogP contribution in [0.25, 0.3) is 16.9 Å². The lowest BCUT2D eigenvalue weighted by molar-refractivity contribution is 0.132. The maximum absolute atomic E-state index is 6.04. The Hall–Kier alpha value is -3.11. The van der Waals surface area contributed by atoms with E-state index in [1.807, 2.05) is 59.1 Å². The molecule has 28 heavy (non-hydrogen) atoms. The van der Waals surface area contributed by atoms with Gasteiger partial charge in [0.2, 0.25) is 0 Å². The van der Waals surface area contributed by atoms with Crippen LogP contribution < -0.4 is 0 Å². The molecule has 0 aliphatic carbocycles. The standard InChI is InChI=1S/C23H20ClN3O/c1-16-4-3-5-18(12-16)15-28-25-14-21-23(19-6-8-20(24)9-7-19)26-22-13-17(2)10-11-27(21)22/h3-14H,15H2,1-2H3/b25-14-. The molecular weight excluding hydrogens is 370 g/mol. The van der Waals surface area contributed by atoms with Crippen molar-refractivity contribution in [1.29, 1.82) is 0 Å². The summed E-state index contributed by atoms with van der Waals surface area (Å²) in [5.74, 6) is 0. The molecule has 0 aliphatic heterocycles. The number of benzene rings is 2. The SMILES string of the molecule is Cc1cccc(CO/N=C\c2c(-c3ccc(Cl)cc3)nc3cc(C)ccn23)c1. The summed E-state index contributed by atoms with van der Waals surface area (Å²) in [5, 5.41) is 4.90. The maximum Gasteiger partial charge on any atom is 0.142 e. The second-order valence-corrected chi connectivity index (χ2v) is 7.22. The van der Waals surface area contributed by atoms with Crippen LogP contribution in [0.3, 0.4) is 0 Å². The number of aryl methyl sites for hydroxylation is 2. The van der Waals surface area contributed by atoms with Crippen molar-refractivity contribution in [3.8, 4) is 11.3 Å². The number of hydrogen-bond acceptors (Lipinski definition) is 3. The molecule has 0 radical (unpaired) electrons. The second kappa shape index (κ2) is 7.87. The van der Waals surface area contributed by atoms with Gasteiger partial charge in [-0.15, -0.1) is 0 Å². The third-order valence-electron chi connectivity index (χ3n) is 4.50. The van der Waals surface area contributed by atoms with E-state index in [9.17, 15) is 0 Å². The normalized spacial score (nSPS) is 11.4. The molecule has 140 valence electrons. The van der Waals surface area contributed by atoms with E-state index in [1.165, 1.54) is 5.56 Å². The summed E-state index contributed by atoms with van der Waals surface area (Å²) in [4.78, 5) is 10.3. The van der Waals surface area contributed by atoms with Gasteiger partial charge >= 0.3 is 0 Å². The average Bonchev–Trinajstić information content (AvgIpc) is 3.03. The molecule has 2 heterocycles. The Bertz CT molecular complexity index is 1150. The molecule has 0 aliphatic rings. The molecule has 0 atom stereocenters. The zero-order valence-corrected chi connectivity index (χ0v) is 16.5. The van der Waals surface area contributed by atoms with Crippen LogP contribution >= 0.6 is 11.6 Å². The van der Waals surface area contributed by atoms with Crippen molar-refractivity contribution in [2.24, 2.45) is 5.16 Å². The van der Waals surface area contributed by atoms with Crippen LogP contribution in [0.15, 0.2) is 72.0 Å². The highest BCUT2D eigenvalue weighted by atomic mass is 35.5.